The van der Waals surface area contributed by atoms with Gasteiger partial charge < -0.3 is 15.2 Å². The van der Waals surface area contributed by atoms with Crippen LogP contribution in [-0.2, 0) is 19.5 Å². The Kier molecular flexibility index (Phi) is 7.13. The molecule has 1 aromatic carbocycles. The highest BCUT2D eigenvalue weighted by Crippen LogP contribution is 2.04. The molecule has 1 aromatic heterocycles. The monoisotopic (exact) mass is 344 g/mol. The third kappa shape index (κ3) is 6.37. The third-order valence-corrected chi connectivity index (χ3v) is 3.55. The molecule has 0 aliphatic carbocycles. The summed E-state index contributed by atoms with van der Waals surface area (Å²) in [7, 11) is 0. The van der Waals surface area contributed by atoms with E-state index in [1.807, 2.05) is 11.5 Å². The summed E-state index contributed by atoms with van der Waals surface area (Å²) in [6.45, 7) is 10.5. The van der Waals surface area contributed by atoms with Crippen molar-refractivity contribution in [2.24, 2.45) is 4.99 Å². The first-order valence-electron chi connectivity index (χ1n) is 8.36. The number of aliphatic imine (C=N–C) groups is 1. The molecular weight excluding hydrogens is 319 g/mol. The Hall–Kier alpha value is -2.70. The Bertz CT molecular complexity index is 705. The maximum absolute atomic E-state index is 13.0. The van der Waals surface area contributed by atoms with E-state index in [2.05, 4.69) is 39.3 Å². The number of benzene rings is 1. The van der Waals surface area contributed by atoms with Gasteiger partial charge in [0.1, 0.15) is 18.0 Å². The first kappa shape index (κ1) is 18.6. The van der Waals surface area contributed by atoms with E-state index in [4.69, 9.17) is 0 Å². The minimum Gasteiger partial charge on any atom is -0.355 e. The Morgan fingerprint density at radius 2 is 2.04 bits per heavy atom. The summed E-state index contributed by atoms with van der Waals surface area (Å²) in [5.74, 6) is 1.41. The van der Waals surface area contributed by atoms with Gasteiger partial charge >= 0.3 is 0 Å². The molecule has 0 aliphatic heterocycles. The van der Waals surface area contributed by atoms with Crippen LogP contribution in [-0.4, -0.2) is 33.8 Å². The van der Waals surface area contributed by atoms with Gasteiger partial charge in [0, 0.05) is 26.1 Å². The van der Waals surface area contributed by atoms with Gasteiger partial charge in [-0.05, 0) is 24.6 Å². The fourth-order valence-corrected chi connectivity index (χ4v) is 2.20. The lowest BCUT2D eigenvalue weighted by molar-refractivity contribution is 0.626. The number of guanidine groups is 1. The predicted octanol–water partition coefficient (Wildman–Crippen LogP) is 2.29. The zero-order valence-electron chi connectivity index (χ0n) is 14.8. The molecule has 0 spiro atoms. The molecule has 2 aromatic rings. The van der Waals surface area contributed by atoms with Gasteiger partial charge in [-0.3, -0.25) is 0 Å². The summed E-state index contributed by atoms with van der Waals surface area (Å²) in [5, 5.41) is 14.5. The second-order valence-corrected chi connectivity index (χ2v) is 5.82. The molecule has 0 radical (unpaired) electrons. The second kappa shape index (κ2) is 9.56. The lowest BCUT2D eigenvalue weighted by atomic mass is 10.2. The largest absolute Gasteiger partial charge is 0.355 e. The van der Waals surface area contributed by atoms with E-state index in [1.165, 1.54) is 12.1 Å². The zero-order valence-corrected chi connectivity index (χ0v) is 14.8. The highest BCUT2D eigenvalue weighted by atomic mass is 19.1. The minimum atomic E-state index is -0.243. The van der Waals surface area contributed by atoms with Crippen LogP contribution >= 0.6 is 0 Å². The number of aromatic nitrogens is 3. The van der Waals surface area contributed by atoms with E-state index in [-0.39, 0.29) is 5.82 Å². The van der Waals surface area contributed by atoms with Crippen molar-refractivity contribution in [3.05, 3.63) is 59.9 Å². The third-order valence-electron chi connectivity index (χ3n) is 3.55. The molecule has 2 rings (SSSR count). The molecule has 0 saturated carbocycles. The van der Waals surface area contributed by atoms with Crippen molar-refractivity contribution in [2.45, 2.75) is 33.4 Å². The van der Waals surface area contributed by atoms with E-state index >= 15 is 0 Å². The van der Waals surface area contributed by atoms with Gasteiger partial charge in [0.2, 0.25) is 0 Å². The van der Waals surface area contributed by atoms with E-state index in [1.54, 1.807) is 18.5 Å². The van der Waals surface area contributed by atoms with Gasteiger partial charge in [-0.15, -0.1) is 10.2 Å². The number of nitrogens with one attached hydrogen (secondary N) is 2. The first-order valence-corrected chi connectivity index (χ1v) is 8.36. The molecular formula is C18H25FN6. The lowest BCUT2D eigenvalue weighted by Gasteiger charge is -2.13. The average molecular weight is 344 g/mol. The summed E-state index contributed by atoms with van der Waals surface area (Å²) in [6.07, 6.45) is 2.58. The summed E-state index contributed by atoms with van der Waals surface area (Å²) in [6, 6.07) is 6.36. The van der Waals surface area contributed by atoms with E-state index in [0.717, 1.165) is 29.9 Å². The molecule has 0 amide bonds. The van der Waals surface area contributed by atoms with E-state index in [9.17, 15) is 4.39 Å². The Morgan fingerprint density at radius 3 is 2.72 bits per heavy atom. The zero-order chi connectivity index (χ0) is 18.1. The maximum Gasteiger partial charge on any atom is 0.191 e. The van der Waals surface area contributed by atoms with Crippen molar-refractivity contribution >= 4 is 5.96 Å². The van der Waals surface area contributed by atoms with Gasteiger partial charge in [0.25, 0.3) is 0 Å². The van der Waals surface area contributed by atoms with Crippen LogP contribution in [0.4, 0.5) is 4.39 Å². The Morgan fingerprint density at radius 1 is 1.28 bits per heavy atom. The molecule has 6 nitrogen and oxygen atoms in total. The number of rotatable bonds is 8. The predicted molar refractivity (Wildman–Crippen MR) is 97.8 cm³/mol. The number of aryl methyl sites for hydroxylation is 1. The number of nitrogens with zero attached hydrogens (tertiary/aromatic N) is 4. The van der Waals surface area contributed by atoms with Crippen molar-refractivity contribution in [1.82, 2.24) is 25.4 Å². The van der Waals surface area contributed by atoms with Crippen LogP contribution in [0.25, 0.3) is 0 Å². The standard InChI is InChI=1S/C18H25FN6/c1-4-17-24-23-13-25(17)10-9-20-18(21-11-14(2)3)22-12-15-5-7-16(19)8-6-15/h5-8,13H,2,4,9-12H2,1,3H3,(H2,20,21,22). The summed E-state index contributed by atoms with van der Waals surface area (Å²) in [4.78, 5) is 4.55. The molecule has 0 bridgehead atoms. The van der Waals surface area contributed by atoms with Crippen LogP contribution in [0.1, 0.15) is 25.2 Å². The van der Waals surface area contributed by atoms with Gasteiger partial charge in [0.15, 0.2) is 5.96 Å². The molecule has 134 valence electrons. The van der Waals surface area contributed by atoms with Gasteiger partial charge in [-0.25, -0.2) is 9.38 Å². The van der Waals surface area contributed by atoms with Crippen LogP contribution in [0.15, 0.2) is 47.7 Å². The second-order valence-electron chi connectivity index (χ2n) is 5.82. The summed E-state index contributed by atoms with van der Waals surface area (Å²) >= 11 is 0. The van der Waals surface area contributed by atoms with Crippen molar-refractivity contribution in [2.75, 3.05) is 13.1 Å². The smallest absolute Gasteiger partial charge is 0.191 e. The number of halogens is 1. The van der Waals surface area contributed by atoms with Crippen LogP contribution in [0, 0.1) is 5.82 Å². The topological polar surface area (TPSA) is 67.1 Å². The van der Waals surface area contributed by atoms with Crippen molar-refractivity contribution in [3.63, 3.8) is 0 Å². The van der Waals surface area contributed by atoms with Crippen molar-refractivity contribution in [3.8, 4) is 0 Å². The van der Waals surface area contributed by atoms with Crippen LogP contribution in [0.5, 0.6) is 0 Å². The SMILES string of the molecule is C=C(C)CNC(=NCc1ccc(F)cc1)NCCn1cnnc1CC. The first-order chi connectivity index (χ1) is 12.1. The number of hydrogen-bond donors (Lipinski definition) is 2. The fourth-order valence-electron chi connectivity index (χ4n) is 2.20. The summed E-state index contributed by atoms with van der Waals surface area (Å²) < 4.78 is 15.0. The lowest BCUT2D eigenvalue weighted by Crippen LogP contribution is -2.39. The van der Waals surface area contributed by atoms with Crippen LogP contribution < -0.4 is 10.6 Å². The molecule has 2 N–H and O–H groups in total. The number of hydrogen-bond acceptors (Lipinski definition) is 3. The quantitative estimate of drug-likeness (QED) is 0.438. The van der Waals surface area contributed by atoms with Crippen molar-refractivity contribution in [1.29, 1.82) is 0 Å². The molecule has 1 heterocycles. The van der Waals surface area contributed by atoms with Crippen molar-refractivity contribution < 1.29 is 4.39 Å². The molecule has 0 atom stereocenters. The van der Waals surface area contributed by atoms with E-state index in [0.29, 0.717) is 25.6 Å². The van der Waals surface area contributed by atoms with Gasteiger partial charge in [-0.1, -0.05) is 31.2 Å². The fraction of sp³-hybridized carbons (Fsp3) is 0.389. The average Bonchev–Trinajstić information content (AvgIpc) is 3.05. The van der Waals surface area contributed by atoms with Gasteiger partial charge in [0.05, 0.1) is 6.54 Å². The minimum absolute atomic E-state index is 0.243. The molecule has 7 heteroatoms. The Balaban J connectivity index is 1.93. The Labute approximate surface area is 147 Å². The van der Waals surface area contributed by atoms with Gasteiger partial charge in [-0.2, -0.15) is 0 Å². The molecule has 0 fully saturated rings. The van der Waals surface area contributed by atoms with Crippen LogP contribution in [0.3, 0.4) is 0 Å². The normalized spacial score (nSPS) is 11.4. The van der Waals surface area contributed by atoms with Crippen LogP contribution in [0.2, 0.25) is 0 Å². The van der Waals surface area contributed by atoms with E-state index < -0.39 is 0 Å². The maximum atomic E-state index is 13.0. The molecule has 0 aliphatic rings. The molecule has 0 unspecified atom stereocenters. The molecule has 0 saturated heterocycles. The highest BCUT2D eigenvalue weighted by molar-refractivity contribution is 5.80. The molecule has 25 heavy (non-hydrogen) atoms. The summed E-state index contributed by atoms with van der Waals surface area (Å²) in [5.41, 5.74) is 1.97. The highest BCUT2D eigenvalue weighted by Gasteiger charge is 2.03.